The maximum atomic E-state index is 12.4. The second-order valence-electron chi connectivity index (χ2n) is 5.86. The van der Waals surface area contributed by atoms with Crippen molar-refractivity contribution in [1.29, 1.82) is 0 Å². The predicted octanol–water partition coefficient (Wildman–Crippen LogP) is 2.72. The minimum atomic E-state index is -0.426. The summed E-state index contributed by atoms with van der Waals surface area (Å²) in [4.78, 5) is 16.7. The van der Waals surface area contributed by atoms with Gasteiger partial charge in [0.1, 0.15) is 11.4 Å². The van der Waals surface area contributed by atoms with Gasteiger partial charge in [0.15, 0.2) is 0 Å². The van der Waals surface area contributed by atoms with Crippen LogP contribution in [0.25, 0.3) is 10.9 Å². The molecule has 1 aliphatic heterocycles. The van der Waals surface area contributed by atoms with Crippen LogP contribution in [0.4, 0.5) is 11.4 Å². The number of aromatic hydroxyl groups is 1. The zero-order chi connectivity index (χ0) is 18.1. The molecule has 4 rings (SSSR count). The summed E-state index contributed by atoms with van der Waals surface area (Å²) in [6.45, 7) is 0.277. The lowest BCUT2D eigenvalue weighted by Crippen LogP contribution is -2.35. The maximum absolute atomic E-state index is 12.4. The molecule has 0 spiro atoms. The summed E-state index contributed by atoms with van der Waals surface area (Å²) in [6, 6.07) is 13.7. The summed E-state index contributed by atoms with van der Waals surface area (Å²) in [7, 11) is 0. The third-order valence-electron chi connectivity index (χ3n) is 4.19. The van der Waals surface area contributed by atoms with Gasteiger partial charge in [-0.2, -0.15) is 0 Å². The van der Waals surface area contributed by atoms with E-state index in [-0.39, 0.29) is 18.0 Å². The van der Waals surface area contributed by atoms with Crippen LogP contribution in [0.1, 0.15) is 5.56 Å². The number of hydroxylamine groups is 1. The lowest BCUT2D eigenvalue weighted by Gasteiger charge is -2.27. The molecule has 0 saturated heterocycles. The van der Waals surface area contributed by atoms with E-state index in [9.17, 15) is 15.1 Å². The molecular formula is C19H16N4O3. The molecule has 2 aromatic carbocycles. The quantitative estimate of drug-likeness (QED) is 0.581. The van der Waals surface area contributed by atoms with Crippen molar-refractivity contribution in [2.45, 2.75) is 6.54 Å². The minimum Gasteiger partial charge on any atom is -0.508 e. The van der Waals surface area contributed by atoms with E-state index in [1.165, 1.54) is 6.20 Å². The number of hydrogen-bond acceptors (Lipinski definition) is 6. The number of pyridine rings is 1. The van der Waals surface area contributed by atoms with Crippen molar-refractivity contribution in [1.82, 2.24) is 10.3 Å². The molecule has 4 N–H and O–H groups in total. The number of fused-ring (bicyclic) bond motifs is 3. The highest BCUT2D eigenvalue weighted by atomic mass is 16.5. The second-order valence-corrected chi connectivity index (χ2v) is 5.86. The van der Waals surface area contributed by atoms with Crippen molar-refractivity contribution >= 4 is 28.2 Å². The third kappa shape index (κ3) is 2.80. The Balaban J connectivity index is 1.54. The van der Waals surface area contributed by atoms with Crippen LogP contribution in [0.2, 0.25) is 0 Å². The fourth-order valence-corrected chi connectivity index (χ4v) is 2.85. The van der Waals surface area contributed by atoms with E-state index in [0.717, 1.165) is 21.5 Å². The Morgan fingerprint density at radius 2 is 1.96 bits per heavy atom. The van der Waals surface area contributed by atoms with Crippen molar-refractivity contribution in [3.8, 4) is 5.75 Å². The molecule has 0 aliphatic carbocycles. The predicted molar refractivity (Wildman–Crippen MR) is 97.7 cm³/mol. The standard InChI is InChI=1S/C19H16N4O3/c24-13-5-3-12(4-6-13)10-22-19(25)17-11-21-18-14-2-1-9-20-15(14)7-8-16(18)23(17)26/h1-9,11,21,24,26H,10H2,(H,22,25). The number of nitrogens with one attached hydrogen (secondary N) is 2. The highest BCUT2D eigenvalue weighted by Gasteiger charge is 2.25. The lowest BCUT2D eigenvalue weighted by molar-refractivity contribution is -0.118. The van der Waals surface area contributed by atoms with Crippen molar-refractivity contribution < 1.29 is 15.1 Å². The molecule has 0 bridgehead atoms. The van der Waals surface area contributed by atoms with Gasteiger partial charge in [-0.1, -0.05) is 12.1 Å². The molecule has 1 aromatic heterocycles. The van der Waals surface area contributed by atoms with E-state index in [4.69, 9.17) is 0 Å². The summed E-state index contributed by atoms with van der Waals surface area (Å²) < 4.78 is 0. The van der Waals surface area contributed by atoms with Crippen molar-refractivity contribution in [2.75, 3.05) is 10.4 Å². The third-order valence-corrected chi connectivity index (χ3v) is 4.19. The van der Waals surface area contributed by atoms with Gasteiger partial charge in [-0.15, -0.1) is 0 Å². The van der Waals surface area contributed by atoms with E-state index in [1.54, 1.807) is 42.6 Å². The zero-order valence-electron chi connectivity index (χ0n) is 13.7. The van der Waals surface area contributed by atoms with Crippen molar-refractivity contribution in [3.63, 3.8) is 0 Å². The van der Waals surface area contributed by atoms with Gasteiger partial charge in [0.05, 0.1) is 16.9 Å². The van der Waals surface area contributed by atoms with Crippen molar-refractivity contribution in [2.24, 2.45) is 0 Å². The fraction of sp³-hybridized carbons (Fsp3) is 0.0526. The van der Waals surface area contributed by atoms with Gasteiger partial charge in [-0.3, -0.25) is 15.0 Å². The highest BCUT2D eigenvalue weighted by molar-refractivity contribution is 6.05. The van der Waals surface area contributed by atoms with E-state index < -0.39 is 5.91 Å². The van der Waals surface area contributed by atoms with Gasteiger partial charge in [-0.25, -0.2) is 5.06 Å². The van der Waals surface area contributed by atoms with Gasteiger partial charge < -0.3 is 15.7 Å². The largest absolute Gasteiger partial charge is 0.508 e. The molecule has 7 heteroatoms. The number of nitrogens with zero attached hydrogens (tertiary/aromatic N) is 2. The highest BCUT2D eigenvalue weighted by Crippen LogP contribution is 2.36. The molecule has 0 atom stereocenters. The molecule has 2 heterocycles. The van der Waals surface area contributed by atoms with Crippen LogP contribution in [-0.4, -0.2) is 21.2 Å². The fourth-order valence-electron chi connectivity index (χ4n) is 2.85. The number of benzene rings is 2. The summed E-state index contributed by atoms with van der Waals surface area (Å²) in [5, 5.41) is 27.3. The Morgan fingerprint density at radius 3 is 2.77 bits per heavy atom. The van der Waals surface area contributed by atoms with Crippen LogP contribution in [0.15, 0.2) is 66.6 Å². The van der Waals surface area contributed by atoms with Crippen LogP contribution < -0.4 is 15.7 Å². The summed E-state index contributed by atoms with van der Waals surface area (Å²) in [6.07, 6.45) is 3.16. The lowest BCUT2D eigenvalue weighted by atomic mass is 10.1. The van der Waals surface area contributed by atoms with Crippen LogP contribution in [0.3, 0.4) is 0 Å². The van der Waals surface area contributed by atoms with E-state index in [0.29, 0.717) is 11.4 Å². The Kier molecular flexibility index (Phi) is 3.91. The topological polar surface area (TPSA) is 97.7 Å². The average molecular weight is 348 g/mol. The van der Waals surface area contributed by atoms with Gasteiger partial charge in [0.2, 0.25) is 0 Å². The van der Waals surface area contributed by atoms with Gasteiger partial charge >= 0.3 is 0 Å². The van der Waals surface area contributed by atoms with E-state index in [2.05, 4.69) is 15.6 Å². The molecule has 1 amide bonds. The molecule has 0 radical (unpaired) electrons. The van der Waals surface area contributed by atoms with Crippen molar-refractivity contribution in [3.05, 3.63) is 72.2 Å². The first kappa shape index (κ1) is 15.9. The molecule has 0 unspecified atom stereocenters. The first-order valence-corrected chi connectivity index (χ1v) is 8.03. The molecular weight excluding hydrogens is 332 g/mol. The normalized spacial score (nSPS) is 13.0. The molecule has 3 aromatic rings. The Bertz CT molecular complexity index is 1010. The molecule has 0 saturated carbocycles. The van der Waals surface area contributed by atoms with Crippen LogP contribution in [0.5, 0.6) is 5.75 Å². The molecule has 26 heavy (non-hydrogen) atoms. The van der Waals surface area contributed by atoms with Crippen LogP contribution >= 0.6 is 0 Å². The smallest absolute Gasteiger partial charge is 0.272 e. The Hall–Kier alpha value is -3.58. The number of phenolic OH excluding ortho intramolecular Hbond substituents is 1. The SMILES string of the molecule is O=C(NCc1ccc(O)cc1)C1=CNc2c(ccc3ncccc23)N1O. The number of phenols is 1. The Morgan fingerprint density at radius 1 is 1.15 bits per heavy atom. The van der Waals surface area contributed by atoms with E-state index >= 15 is 0 Å². The zero-order valence-corrected chi connectivity index (χ0v) is 13.7. The average Bonchev–Trinajstić information content (AvgIpc) is 2.67. The van der Waals surface area contributed by atoms with Gasteiger partial charge in [-0.05, 0) is 42.0 Å². The van der Waals surface area contributed by atoms with Crippen LogP contribution in [0, 0.1) is 0 Å². The number of aromatic nitrogens is 1. The van der Waals surface area contributed by atoms with Crippen LogP contribution in [-0.2, 0) is 11.3 Å². The van der Waals surface area contributed by atoms with E-state index in [1.807, 2.05) is 12.1 Å². The number of carbonyl (C=O) groups is 1. The molecule has 130 valence electrons. The molecule has 0 fully saturated rings. The molecule has 1 aliphatic rings. The van der Waals surface area contributed by atoms with Gasteiger partial charge in [0.25, 0.3) is 5.91 Å². The number of hydrogen-bond donors (Lipinski definition) is 4. The number of amides is 1. The number of anilines is 2. The maximum Gasteiger partial charge on any atom is 0.272 e. The number of carbonyl (C=O) groups excluding carboxylic acids is 1. The Labute approximate surface area is 149 Å². The second kappa shape index (κ2) is 6.38. The van der Waals surface area contributed by atoms with Gasteiger partial charge in [0, 0.05) is 24.3 Å². The first-order chi connectivity index (χ1) is 12.6. The number of rotatable bonds is 3. The summed E-state index contributed by atoms with van der Waals surface area (Å²) in [5.74, 6) is -0.260. The first-order valence-electron chi connectivity index (χ1n) is 8.03. The molecule has 7 nitrogen and oxygen atoms in total. The summed E-state index contributed by atoms with van der Waals surface area (Å²) in [5.41, 5.74) is 2.87. The summed E-state index contributed by atoms with van der Waals surface area (Å²) >= 11 is 0. The monoisotopic (exact) mass is 348 g/mol. The minimum absolute atomic E-state index is 0.0829.